The topological polar surface area (TPSA) is 0 Å². The van der Waals surface area contributed by atoms with E-state index in [-0.39, 0.29) is 27.1 Å². The van der Waals surface area contributed by atoms with Crippen molar-refractivity contribution in [3.8, 4) is 0 Å². The zero-order chi connectivity index (χ0) is 10.2. The first-order valence-corrected chi connectivity index (χ1v) is 6.17. The van der Waals surface area contributed by atoms with Crippen molar-refractivity contribution >= 4 is 12.6 Å². The normalized spacial score (nSPS) is 11.1. The zero-order valence-corrected chi connectivity index (χ0v) is 12.2. The van der Waals surface area contributed by atoms with Crippen LogP contribution >= 0.6 is 0 Å². The van der Waals surface area contributed by atoms with Crippen LogP contribution in [0.5, 0.6) is 0 Å². The van der Waals surface area contributed by atoms with Gasteiger partial charge in [0.2, 0.25) is 0 Å². The molecule has 0 aromatic heterocycles. The standard InChI is InChI=1S/C12H26S.Ag/c1-4-5-6-7-8-9-10-11-12(2,3)13;/h13H,4-11H2,1-3H3;/q;+1/p-1. The molecule has 0 atom stereocenters. The summed E-state index contributed by atoms with van der Waals surface area (Å²) in [6.07, 6.45) is 10.9. The Balaban J connectivity index is 0. The Kier molecular flexibility index (Phi) is 13.2. The summed E-state index contributed by atoms with van der Waals surface area (Å²) >= 11 is 5.30. The molecular weight excluding hydrogens is 284 g/mol. The van der Waals surface area contributed by atoms with Crippen molar-refractivity contribution < 1.29 is 22.4 Å². The third-order valence-corrected chi connectivity index (χ3v) is 2.59. The van der Waals surface area contributed by atoms with Gasteiger partial charge in [-0.15, -0.1) is 0 Å². The molecule has 2 heteroatoms. The summed E-state index contributed by atoms with van der Waals surface area (Å²) in [6, 6.07) is 0. The van der Waals surface area contributed by atoms with Crippen molar-refractivity contribution in [2.24, 2.45) is 0 Å². The predicted octanol–water partition coefficient (Wildman–Crippen LogP) is 4.45. The van der Waals surface area contributed by atoms with Crippen LogP contribution in [0.2, 0.25) is 0 Å². The van der Waals surface area contributed by atoms with Gasteiger partial charge in [0.25, 0.3) is 0 Å². The van der Waals surface area contributed by atoms with Gasteiger partial charge in [-0.1, -0.05) is 72.1 Å². The maximum absolute atomic E-state index is 5.30. The minimum absolute atomic E-state index is 0. The second-order valence-corrected chi connectivity index (χ2v) is 5.74. The second kappa shape index (κ2) is 10.6. The Morgan fingerprint density at radius 1 is 0.857 bits per heavy atom. The van der Waals surface area contributed by atoms with Crippen LogP contribution in [0.4, 0.5) is 0 Å². The number of unbranched alkanes of at least 4 members (excludes halogenated alkanes) is 6. The van der Waals surface area contributed by atoms with Crippen molar-refractivity contribution in [2.75, 3.05) is 0 Å². The summed E-state index contributed by atoms with van der Waals surface area (Å²) in [6.45, 7) is 6.57. The first kappa shape index (κ1) is 17.5. The molecule has 0 aromatic rings. The average Bonchev–Trinajstić information content (AvgIpc) is 2.01. The molecule has 0 unspecified atom stereocenters. The van der Waals surface area contributed by atoms with Crippen LogP contribution < -0.4 is 0 Å². The third kappa shape index (κ3) is 15.6. The third-order valence-electron chi connectivity index (χ3n) is 2.38. The maximum atomic E-state index is 5.30. The van der Waals surface area contributed by atoms with E-state index in [1.165, 1.54) is 51.4 Å². The molecule has 0 saturated heterocycles. The minimum Gasteiger partial charge on any atom is -0.786 e. The van der Waals surface area contributed by atoms with Gasteiger partial charge in [-0.05, 0) is 0 Å². The zero-order valence-electron chi connectivity index (χ0n) is 9.87. The van der Waals surface area contributed by atoms with Crippen LogP contribution in [0.3, 0.4) is 0 Å². The van der Waals surface area contributed by atoms with Crippen molar-refractivity contribution in [1.82, 2.24) is 0 Å². The van der Waals surface area contributed by atoms with E-state index in [0.717, 1.165) is 0 Å². The fourth-order valence-electron chi connectivity index (χ4n) is 1.51. The van der Waals surface area contributed by atoms with Gasteiger partial charge in [-0.3, -0.25) is 0 Å². The maximum Gasteiger partial charge on any atom is 1.00 e. The SMILES string of the molecule is CCCCCCCCCC(C)(C)[S-].[Ag+]. The van der Waals surface area contributed by atoms with E-state index in [2.05, 4.69) is 20.8 Å². The fraction of sp³-hybridized carbons (Fsp3) is 1.00. The Hall–Kier alpha value is 1.09. The van der Waals surface area contributed by atoms with E-state index in [4.69, 9.17) is 12.6 Å². The van der Waals surface area contributed by atoms with Gasteiger partial charge in [0.05, 0.1) is 0 Å². The van der Waals surface area contributed by atoms with E-state index in [1.54, 1.807) is 0 Å². The van der Waals surface area contributed by atoms with Gasteiger partial charge >= 0.3 is 22.4 Å². The molecule has 0 saturated carbocycles. The largest absolute Gasteiger partial charge is 1.00 e. The Morgan fingerprint density at radius 2 is 1.29 bits per heavy atom. The van der Waals surface area contributed by atoms with Crippen molar-refractivity contribution in [2.45, 2.75) is 76.9 Å². The molecule has 0 aliphatic rings. The molecular formula is C12H25AgS. The fourth-order valence-corrected chi connectivity index (χ4v) is 1.65. The summed E-state index contributed by atoms with van der Waals surface area (Å²) in [4.78, 5) is 0. The van der Waals surface area contributed by atoms with Crippen LogP contribution in [0.25, 0.3) is 0 Å². The van der Waals surface area contributed by atoms with Gasteiger partial charge < -0.3 is 12.6 Å². The molecule has 0 fully saturated rings. The van der Waals surface area contributed by atoms with Gasteiger partial charge in [-0.2, -0.15) is 4.75 Å². The van der Waals surface area contributed by atoms with Crippen LogP contribution in [-0.2, 0) is 35.0 Å². The van der Waals surface area contributed by atoms with Crippen LogP contribution in [0.1, 0.15) is 72.1 Å². The van der Waals surface area contributed by atoms with Gasteiger partial charge in [-0.25, -0.2) is 0 Å². The summed E-state index contributed by atoms with van der Waals surface area (Å²) in [5, 5.41) is 0. The Bertz CT molecular complexity index is 107. The molecule has 90 valence electrons. The van der Waals surface area contributed by atoms with Crippen molar-refractivity contribution in [3.05, 3.63) is 0 Å². The average molecular weight is 309 g/mol. The first-order valence-electron chi connectivity index (χ1n) is 5.76. The molecule has 0 radical (unpaired) electrons. The van der Waals surface area contributed by atoms with E-state index >= 15 is 0 Å². The van der Waals surface area contributed by atoms with Crippen LogP contribution in [0, 0.1) is 0 Å². The molecule has 0 aromatic carbocycles. The van der Waals surface area contributed by atoms with Gasteiger partial charge in [0, 0.05) is 0 Å². The molecule has 0 rings (SSSR count). The van der Waals surface area contributed by atoms with Crippen molar-refractivity contribution in [1.29, 1.82) is 0 Å². The van der Waals surface area contributed by atoms with Gasteiger partial charge in [0.15, 0.2) is 0 Å². The first-order chi connectivity index (χ1) is 6.06. The van der Waals surface area contributed by atoms with Crippen LogP contribution in [-0.4, -0.2) is 4.75 Å². The molecule has 0 N–H and O–H groups in total. The van der Waals surface area contributed by atoms with E-state index < -0.39 is 0 Å². The van der Waals surface area contributed by atoms with Crippen molar-refractivity contribution in [3.63, 3.8) is 0 Å². The molecule has 0 heterocycles. The molecule has 0 aliphatic carbocycles. The summed E-state index contributed by atoms with van der Waals surface area (Å²) < 4.78 is 0.128. The molecule has 0 spiro atoms. The smallest absolute Gasteiger partial charge is 0.786 e. The Morgan fingerprint density at radius 3 is 1.71 bits per heavy atom. The van der Waals surface area contributed by atoms with E-state index in [0.29, 0.717) is 0 Å². The predicted molar refractivity (Wildman–Crippen MR) is 64.1 cm³/mol. The van der Waals surface area contributed by atoms with Crippen LogP contribution in [0.15, 0.2) is 0 Å². The summed E-state index contributed by atoms with van der Waals surface area (Å²) in [5.41, 5.74) is 0. The van der Waals surface area contributed by atoms with E-state index in [9.17, 15) is 0 Å². The van der Waals surface area contributed by atoms with Gasteiger partial charge in [0.1, 0.15) is 0 Å². The monoisotopic (exact) mass is 308 g/mol. The van der Waals surface area contributed by atoms with E-state index in [1.807, 2.05) is 0 Å². The molecule has 14 heavy (non-hydrogen) atoms. The molecule has 0 bridgehead atoms. The molecule has 0 amide bonds. The number of hydrogen-bond acceptors (Lipinski definition) is 1. The summed E-state index contributed by atoms with van der Waals surface area (Å²) in [7, 11) is 0. The summed E-state index contributed by atoms with van der Waals surface area (Å²) in [5.74, 6) is 0. The minimum atomic E-state index is 0. The quantitative estimate of drug-likeness (QED) is 0.363. The number of hydrogen-bond donors (Lipinski definition) is 0. The molecule has 0 nitrogen and oxygen atoms in total. The second-order valence-electron chi connectivity index (χ2n) is 4.63. The number of rotatable bonds is 8. The molecule has 0 aliphatic heterocycles. The Labute approximate surface area is 112 Å².